The summed E-state index contributed by atoms with van der Waals surface area (Å²) >= 11 is 0. The highest BCUT2D eigenvalue weighted by atomic mass is 16.5. The first kappa shape index (κ1) is 27.3. The van der Waals surface area contributed by atoms with Gasteiger partial charge >= 0.3 is 0 Å². The van der Waals surface area contributed by atoms with Crippen molar-refractivity contribution in [1.29, 1.82) is 0 Å². The first-order chi connectivity index (χ1) is 17.9. The van der Waals surface area contributed by atoms with Gasteiger partial charge in [0, 0.05) is 44.9 Å². The van der Waals surface area contributed by atoms with E-state index >= 15 is 0 Å². The van der Waals surface area contributed by atoms with Crippen LogP contribution in [0.3, 0.4) is 0 Å². The van der Waals surface area contributed by atoms with Gasteiger partial charge in [-0.2, -0.15) is 0 Å². The average Bonchev–Trinajstić information content (AvgIpc) is 3.36. The van der Waals surface area contributed by atoms with Crippen LogP contribution in [-0.2, 0) is 27.3 Å². The molecule has 0 spiro atoms. The summed E-state index contributed by atoms with van der Waals surface area (Å²) in [4.78, 5) is 30.7. The summed E-state index contributed by atoms with van der Waals surface area (Å²) in [6, 6.07) is 19.1. The van der Waals surface area contributed by atoms with Crippen LogP contribution < -0.4 is 11.1 Å². The van der Waals surface area contributed by atoms with Crippen molar-refractivity contribution in [2.75, 3.05) is 26.8 Å². The highest BCUT2D eigenvalue weighted by Crippen LogP contribution is 2.26. The molecule has 37 heavy (non-hydrogen) atoms. The van der Waals surface area contributed by atoms with Crippen LogP contribution in [0.1, 0.15) is 48.8 Å². The maximum absolute atomic E-state index is 13.5. The van der Waals surface area contributed by atoms with Crippen LogP contribution in [0, 0.1) is 6.92 Å². The van der Waals surface area contributed by atoms with Gasteiger partial charge in [0.25, 0.3) is 0 Å². The minimum absolute atomic E-state index is 0.0171. The summed E-state index contributed by atoms with van der Waals surface area (Å²) in [5, 5.41) is 3.23. The Labute approximate surface area is 221 Å². The third kappa shape index (κ3) is 7.63. The van der Waals surface area contributed by atoms with Gasteiger partial charge < -0.3 is 20.7 Å². The molecule has 0 radical (unpaired) electrons. The molecule has 0 aromatic heterocycles. The Hall–Kier alpha value is -2.74. The largest absolute Gasteiger partial charge is 0.375 e. The second-order valence-corrected chi connectivity index (χ2v) is 10.7. The molecule has 1 heterocycles. The second kappa shape index (κ2) is 13.2. The summed E-state index contributed by atoms with van der Waals surface area (Å²) in [5.74, 6) is -0.181. The number of benzene rings is 2. The van der Waals surface area contributed by atoms with Gasteiger partial charge in [-0.25, -0.2) is 0 Å². The number of hydrogen-bond donors (Lipinski definition) is 2. The summed E-state index contributed by atoms with van der Waals surface area (Å²) < 4.78 is 5.16. The van der Waals surface area contributed by atoms with Crippen molar-refractivity contribution >= 4 is 11.8 Å². The fourth-order valence-electron chi connectivity index (χ4n) is 5.61. The fraction of sp³-hybridized carbons (Fsp3) is 0.533. The number of nitrogens with one attached hydrogen (secondary N) is 1. The third-order valence-corrected chi connectivity index (χ3v) is 7.84. The molecule has 1 saturated heterocycles. The Morgan fingerprint density at radius 1 is 1.03 bits per heavy atom. The smallest absolute Gasteiger partial charge is 0.249 e. The number of hydrogen-bond acceptors (Lipinski definition) is 5. The number of carbonyl (C=O) groups is 2. The molecular weight excluding hydrogens is 464 g/mol. The Morgan fingerprint density at radius 2 is 1.73 bits per heavy atom. The van der Waals surface area contributed by atoms with Crippen LogP contribution in [0.4, 0.5) is 0 Å². The molecule has 1 aliphatic heterocycles. The van der Waals surface area contributed by atoms with Crippen LogP contribution in [0.15, 0.2) is 54.6 Å². The number of likely N-dealkylation sites (tertiary alicyclic amines) is 1. The number of ether oxygens (including phenoxy) is 1. The summed E-state index contributed by atoms with van der Waals surface area (Å²) in [6.07, 6.45) is 5.17. The summed E-state index contributed by atoms with van der Waals surface area (Å²) in [6.45, 7) is 4.23. The van der Waals surface area contributed by atoms with E-state index in [0.29, 0.717) is 13.0 Å². The first-order valence-corrected chi connectivity index (χ1v) is 13.6. The number of methoxy groups -OCH3 is 1. The number of rotatable bonds is 10. The van der Waals surface area contributed by atoms with Crippen molar-refractivity contribution in [2.24, 2.45) is 5.73 Å². The lowest BCUT2D eigenvalue weighted by molar-refractivity contribution is -0.141. The van der Waals surface area contributed by atoms with Crippen LogP contribution >= 0.6 is 0 Å². The van der Waals surface area contributed by atoms with Gasteiger partial charge in [-0.15, -0.1) is 0 Å². The third-order valence-electron chi connectivity index (χ3n) is 7.84. The molecule has 2 aliphatic rings. The summed E-state index contributed by atoms with van der Waals surface area (Å²) in [5.41, 5.74) is 9.81. The number of carbonyl (C=O) groups excluding carboxylic acids is 2. The first-order valence-electron chi connectivity index (χ1n) is 13.6. The van der Waals surface area contributed by atoms with Crippen LogP contribution in [0.2, 0.25) is 0 Å². The quantitative estimate of drug-likeness (QED) is 0.517. The summed E-state index contributed by atoms with van der Waals surface area (Å²) in [7, 11) is 1.52. The van der Waals surface area contributed by atoms with E-state index in [0.717, 1.165) is 45.2 Å². The van der Waals surface area contributed by atoms with E-state index in [-0.39, 0.29) is 36.5 Å². The predicted molar refractivity (Wildman–Crippen MR) is 146 cm³/mol. The minimum atomic E-state index is -0.486. The van der Waals surface area contributed by atoms with Crippen LogP contribution in [-0.4, -0.2) is 72.6 Å². The molecule has 200 valence electrons. The van der Waals surface area contributed by atoms with Gasteiger partial charge in [0.2, 0.25) is 11.8 Å². The Bertz CT molecular complexity index is 1010. The van der Waals surface area contributed by atoms with Crippen molar-refractivity contribution in [3.63, 3.8) is 0 Å². The van der Waals surface area contributed by atoms with Gasteiger partial charge in [-0.3, -0.25) is 14.5 Å². The topological polar surface area (TPSA) is 87.9 Å². The lowest BCUT2D eigenvalue weighted by Crippen LogP contribution is -2.50. The molecule has 2 aromatic carbocycles. The highest BCUT2D eigenvalue weighted by molar-refractivity contribution is 5.89. The monoisotopic (exact) mass is 506 g/mol. The molecule has 2 aromatic rings. The van der Waals surface area contributed by atoms with Gasteiger partial charge in [-0.1, -0.05) is 60.2 Å². The maximum Gasteiger partial charge on any atom is 0.249 e. The lowest BCUT2D eigenvalue weighted by Gasteiger charge is -2.30. The molecule has 1 saturated carbocycles. The normalized spacial score (nSPS) is 23.8. The fourth-order valence-corrected chi connectivity index (χ4v) is 5.61. The Kier molecular flexibility index (Phi) is 9.72. The molecule has 7 heteroatoms. The van der Waals surface area contributed by atoms with Gasteiger partial charge in [0.15, 0.2) is 0 Å². The molecule has 0 bridgehead atoms. The molecule has 1 aliphatic carbocycles. The molecule has 2 atom stereocenters. The molecule has 3 N–H and O–H groups in total. The molecule has 2 amide bonds. The van der Waals surface area contributed by atoms with Crippen molar-refractivity contribution in [2.45, 2.75) is 76.2 Å². The van der Waals surface area contributed by atoms with E-state index in [1.807, 2.05) is 6.07 Å². The zero-order chi connectivity index (χ0) is 26.2. The predicted octanol–water partition coefficient (Wildman–Crippen LogP) is 3.04. The zero-order valence-corrected chi connectivity index (χ0v) is 22.3. The van der Waals surface area contributed by atoms with Crippen molar-refractivity contribution in [1.82, 2.24) is 15.1 Å². The highest BCUT2D eigenvalue weighted by Gasteiger charge is 2.42. The molecule has 7 nitrogen and oxygen atoms in total. The molecule has 4 rings (SSSR count). The van der Waals surface area contributed by atoms with E-state index in [1.165, 1.54) is 23.8 Å². The number of aryl methyl sites for hydroxylation is 1. The zero-order valence-electron chi connectivity index (χ0n) is 22.3. The Balaban J connectivity index is 1.50. The maximum atomic E-state index is 13.5. The van der Waals surface area contributed by atoms with Crippen LogP contribution in [0.25, 0.3) is 0 Å². The number of nitrogens with zero attached hydrogens (tertiary/aromatic N) is 2. The number of amides is 2. The number of nitrogens with two attached hydrogens (primary N) is 1. The standard InChI is InChI=1S/C30H42N4O3/c1-22-8-10-24(11-9-22)19-33(17-16-23-6-4-3-5-7-23)27-18-28(34(20-27)29(35)21-37-2)30(36)32-26-14-12-25(31)13-15-26/h3-11,25-28H,12-21,31H2,1-2H3,(H,32,36). The minimum Gasteiger partial charge on any atom is -0.375 e. The van der Waals surface area contributed by atoms with E-state index in [9.17, 15) is 9.59 Å². The lowest BCUT2D eigenvalue weighted by atomic mass is 9.91. The molecule has 2 unspecified atom stereocenters. The van der Waals surface area contributed by atoms with Crippen molar-refractivity contribution in [3.8, 4) is 0 Å². The van der Waals surface area contributed by atoms with Crippen molar-refractivity contribution in [3.05, 3.63) is 71.3 Å². The van der Waals surface area contributed by atoms with E-state index in [2.05, 4.69) is 65.7 Å². The molecular formula is C30H42N4O3. The van der Waals surface area contributed by atoms with Crippen LogP contribution in [0.5, 0.6) is 0 Å². The van der Waals surface area contributed by atoms with Gasteiger partial charge in [0.05, 0.1) is 0 Å². The van der Waals surface area contributed by atoms with Crippen molar-refractivity contribution < 1.29 is 14.3 Å². The second-order valence-electron chi connectivity index (χ2n) is 10.7. The van der Waals surface area contributed by atoms with Gasteiger partial charge in [-0.05, 0) is 56.6 Å². The van der Waals surface area contributed by atoms with Gasteiger partial charge in [0.1, 0.15) is 12.6 Å². The molecule has 2 fully saturated rings. The SMILES string of the molecule is COCC(=O)N1CC(N(CCc2ccccc2)Cc2ccc(C)cc2)CC1C(=O)NC1CCC(N)CC1. The van der Waals surface area contributed by atoms with E-state index in [1.54, 1.807) is 4.90 Å². The Morgan fingerprint density at radius 3 is 2.41 bits per heavy atom. The van der Waals surface area contributed by atoms with E-state index in [4.69, 9.17) is 10.5 Å². The van der Waals surface area contributed by atoms with E-state index < -0.39 is 6.04 Å². The average molecular weight is 507 g/mol.